The first kappa shape index (κ1) is 89.6. The van der Waals surface area contributed by atoms with E-state index >= 15 is 0 Å². The van der Waals surface area contributed by atoms with Crippen LogP contribution in [0, 0.1) is 17.8 Å². The fourth-order valence-corrected chi connectivity index (χ4v) is 23.5. The second-order valence-electron chi connectivity index (χ2n) is 35.7. The number of thiophene rings is 3. The van der Waals surface area contributed by atoms with Gasteiger partial charge >= 0.3 is 0 Å². The Morgan fingerprint density at radius 1 is 0.371 bits per heavy atom. The average Bonchev–Trinajstić information content (AvgIpc) is 1.57. The molecule has 21 rings (SSSR count). The Balaban J connectivity index is 0.000000128. The van der Waals surface area contributed by atoms with Crippen LogP contribution in [0.2, 0.25) is 0 Å². The fraction of sp³-hybridized carbons (Fsp3) is 0.469. The topological polar surface area (TPSA) is 359 Å². The van der Waals surface area contributed by atoms with E-state index < -0.39 is 0 Å². The zero-order valence-electron chi connectivity index (χ0n) is 74.5. The first-order chi connectivity index (χ1) is 64.7. The summed E-state index contributed by atoms with van der Waals surface area (Å²) in [6.07, 6.45) is 19.6. The summed E-state index contributed by atoms with van der Waals surface area (Å²) >= 11 is 5.31. The molecule has 3 aliphatic carbocycles. The Labute approximate surface area is 777 Å². The van der Waals surface area contributed by atoms with Crippen LogP contribution in [0.4, 0.5) is 17.5 Å². The van der Waals surface area contributed by atoms with Gasteiger partial charge in [-0.05, 0) is 125 Å². The van der Waals surface area contributed by atoms with Crippen molar-refractivity contribution in [3.8, 4) is 34.2 Å². The van der Waals surface area contributed by atoms with Gasteiger partial charge in [-0.3, -0.25) is 58.8 Å². The van der Waals surface area contributed by atoms with Crippen LogP contribution >= 0.6 is 34.0 Å². The number of piperazine rings is 3. The molecule has 690 valence electrons. The van der Waals surface area contributed by atoms with E-state index in [0.29, 0.717) is 63.5 Å². The van der Waals surface area contributed by atoms with Gasteiger partial charge in [0.15, 0.2) is 34.9 Å². The molecular formula is C96H114N24O9S3. The van der Waals surface area contributed by atoms with E-state index in [1.807, 2.05) is 69.7 Å². The number of carbonyl (C=O) groups is 6. The van der Waals surface area contributed by atoms with Crippen LogP contribution in [0.5, 0.6) is 0 Å². The summed E-state index contributed by atoms with van der Waals surface area (Å²) in [5.74, 6) is 5.47. The number of hydrogen-bond donors (Lipinski definition) is 6. The van der Waals surface area contributed by atoms with Crippen molar-refractivity contribution in [2.75, 3.05) is 172 Å². The zero-order chi connectivity index (χ0) is 90.1. The number of amides is 6. The number of aromatic amines is 3. The maximum atomic E-state index is 13.4. The lowest BCUT2D eigenvalue weighted by atomic mass is 9.84. The van der Waals surface area contributed by atoms with Gasteiger partial charge in [0, 0.05) is 221 Å². The molecule has 12 aromatic rings. The van der Waals surface area contributed by atoms with Gasteiger partial charge in [0.2, 0.25) is 35.4 Å². The molecular weight excluding hydrogens is 1730 g/mol. The monoisotopic (exact) mass is 1840 g/mol. The number of rotatable bonds is 21. The summed E-state index contributed by atoms with van der Waals surface area (Å²) in [4.78, 5) is 130. The molecule has 3 saturated carbocycles. The van der Waals surface area contributed by atoms with Crippen LogP contribution in [0.25, 0.3) is 97.5 Å². The van der Waals surface area contributed by atoms with Gasteiger partial charge in [0.25, 0.3) is 0 Å². The highest BCUT2D eigenvalue weighted by Gasteiger charge is 2.37. The molecule has 9 aliphatic rings. The van der Waals surface area contributed by atoms with E-state index in [1.54, 1.807) is 34.0 Å². The highest BCUT2D eigenvalue weighted by Crippen LogP contribution is 2.42. The Hall–Kier alpha value is -11.6. The van der Waals surface area contributed by atoms with Crippen LogP contribution in [-0.2, 0) is 62.6 Å². The molecule has 0 radical (unpaired) electrons. The second kappa shape index (κ2) is 41.3. The average molecular weight is 1840 g/mol. The summed E-state index contributed by atoms with van der Waals surface area (Å²) in [6, 6.07) is 25.2. The number of nitrogens with zero attached hydrogens (tertiary/aromatic N) is 18. The number of carbonyl (C=O) groups excluding carboxylic acids is 6. The van der Waals surface area contributed by atoms with Crippen LogP contribution in [0.15, 0.2) is 129 Å². The molecule has 0 unspecified atom stereocenters. The highest BCUT2D eigenvalue weighted by atomic mass is 32.1. The lowest BCUT2D eigenvalue weighted by Gasteiger charge is -2.38. The number of anilines is 3. The van der Waals surface area contributed by atoms with Gasteiger partial charge in [-0.1, -0.05) is 62.6 Å². The summed E-state index contributed by atoms with van der Waals surface area (Å²) in [6.45, 7) is 31.5. The summed E-state index contributed by atoms with van der Waals surface area (Å²) in [5, 5.41) is 33.8. The largest absolute Gasteiger partial charge is 0.378 e. The van der Waals surface area contributed by atoms with E-state index in [9.17, 15) is 28.8 Å². The first-order valence-electron chi connectivity index (χ1n) is 46.7. The third kappa shape index (κ3) is 20.5. The molecule has 6 saturated heterocycles. The van der Waals surface area contributed by atoms with Crippen molar-refractivity contribution in [2.45, 2.75) is 115 Å². The number of benzene rings is 3. The maximum Gasteiger partial charge on any atom is 0.243 e. The Kier molecular flexibility index (Phi) is 28.0. The van der Waals surface area contributed by atoms with E-state index in [4.69, 9.17) is 44.1 Å². The number of fused-ring (bicyclic) bond motifs is 6. The van der Waals surface area contributed by atoms with Gasteiger partial charge in [-0.2, -0.15) is 15.3 Å². The van der Waals surface area contributed by atoms with Crippen LogP contribution < -0.4 is 30.7 Å². The lowest BCUT2D eigenvalue weighted by Crippen LogP contribution is -2.51. The molecule has 15 heterocycles. The Morgan fingerprint density at radius 3 is 1.00 bits per heavy atom. The molecule has 6 amide bonds. The predicted octanol–water partition coefficient (Wildman–Crippen LogP) is 10.7. The SMILES string of the molecule is C=CC(=O)NC1CCC(C(=O)N2CCN(Cc3cc4nc(-c5cccc6[nH]ncc56)nc(N5CCOCC5)c4s3)CC2)CC1.C=CC(=O)NC1CCC(C(=O)N2CCN(Cc3cc4nc(-c5cccc6[nH]ncc56)nc(N5CCOCC5)c4s3)CC2)CC1.C=CC(=O)N[C@H]1CCC[C@@H](C(=O)N2CCN(Cc3cc4nc(-c5cccc6[nH]ncc56)nc(N5CCOCC5)c4s3)CC2)C1. The molecule has 0 bridgehead atoms. The zero-order valence-corrected chi connectivity index (χ0v) is 77.0. The van der Waals surface area contributed by atoms with Gasteiger partial charge < -0.3 is 59.6 Å². The normalized spacial score (nSPS) is 21.5. The lowest BCUT2D eigenvalue weighted by molar-refractivity contribution is -0.139. The first-order valence-corrected chi connectivity index (χ1v) is 49.1. The van der Waals surface area contributed by atoms with Gasteiger partial charge in [0.1, 0.15) is 0 Å². The molecule has 6 N–H and O–H groups in total. The van der Waals surface area contributed by atoms with Crippen LogP contribution in [-0.4, -0.2) is 301 Å². The van der Waals surface area contributed by atoms with E-state index in [0.717, 1.165) is 306 Å². The second-order valence-corrected chi connectivity index (χ2v) is 39.1. The van der Waals surface area contributed by atoms with Crippen LogP contribution in [0.1, 0.15) is 91.7 Å². The van der Waals surface area contributed by atoms with E-state index in [-0.39, 0.29) is 71.3 Å². The van der Waals surface area contributed by atoms with Crippen molar-refractivity contribution in [1.82, 2.24) is 106 Å². The molecule has 3 aromatic carbocycles. The van der Waals surface area contributed by atoms with Crippen molar-refractivity contribution in [3.05, 3.63) is 144 Å². The van der Waals surface area contributed by atoms with Crippen molar-refractivity contribution in [3.63, 3.8) is 0 Å². The Morgan fingerprint density at radius 2 is 0.682 bits per heavy atom. The number of ether oxygens (including phenoxy) is 3. The van der Waals surface area contributed by atoms with E-state index in [1.165, 1.54) is 32.9 Å². The number of H-pyrrole nitrogens is 3. The minimum atomic E-state index is -0.160. The molecule has 2 atom stereocenters. The number of aromatic nitrogens is 12. The molecule has 0 spiro atoms. The van der Waals surface area contributed by atoms with Gasteiger partial charge in [-0.25, -0.2) is 29.9 Å². The summed E-state index contributed by atoms with van der Waals surface area (Å²) in [7, 11) is 0. The molecule has 9 fully saturated rings. The Bertz CT molecular complexity index is 5920. The number of nitrogens with one attached hydrogen (secondary N) is 6. The summed E-state index contributed by atoms with van der Waals surface area (Å²) < 4.78 is 20.2. The smallest absolute Gasteiger partial charge is 0.243 e. The maximum absolute atomic E-state index is 13.4. The minimum absolute atomic E-state index is 0.0210. The molecule has 132 heavy (non-hydrogen) atoms. The van der Waals surface area contributed by atoms with Crippen molar-refractivity contribution < 1.29 is 43.0 Å². The molecule has 36 heteroatoms. The third-order valence-corrected chi connectivity index (χ3v) is 30.6. The van der Waals surface area contributed by atoms with E-state index in [2.05, 4.69) is 132 Å². The predicted molar refractivity (Wildman–Crippen MR) is 514 cm³/mol. The van der Waals surface area contributed by atoms with Gasteiger partial charge in [0.05, 0.1) is 105 Å². The molecule has 33 nitrogen and oxygen atoms in total. The molecule has 9 aromatic heterocycles. The number of morpholine rings is 3. The minimum Gasteiger partial charge on any atom is -0.378 e. The quantitative estimate of drug-likeness (QED) is 0.0364. The number of hydrogen-bond acceptors (Lipinski definition) is 27. The van der Waals surface area contributed by atoms with Crippen molar-refractivity contribution in [1.29, 1.82) is 0 Å². The van der Waals surface area contributed by atoms with Crippen LogP contribution in [0.3, 0.4) is 0 Å². The summed E-state index contributed by atoms with van der Waals surface area (Å²) in [5.41, 5.74) is 8.68. The highest BCUT2D eigenvalue weighted by molar-refractivity contribution is 7.20. The van der Waals surface area contributed by atoms with Crippen molar-refractivity contribution >= 4 is 150 Å². The standard InChI is InChI=1S/3C32H38N8O3S/c1-2-28(41)34-22-6-3-5-21(17-22)32(42)40-11-9-38(10-12-40)20-23-18-27-29(44-23)31(39-13-15-43-16-14-39)36-30(35-27)24-7-4-8-26-25(24)19-33-37-26;2*1-2-28(41)34-22-8-6-21(7-9-22)32(42)40-12-10-38(11-13-40)20-23-18-27-29(44-23)31(39-14-16-43-17-15-39)36-30(35-27)24-4-3-5-26-25(24)19-33-37-26/h2,4,7-8,18-19,21-22H,1,3,5-6,9-17,20H2,(H,33,37)(H,34,41);2*2-5,18-19,21-22H,1,6-17,20H2,(H,33,37)(H,34,41)/t21-,22+;;/m1../s1. The molecule has 6 aliphatic heterocycles. The third-order valence-electron chi connectivity index (χ3n) is 27.3. The fourth-order valence-electron chi connectivity index (χ4n) is 20.1. The van der Waals surface area contributed by atoms with Crippen molar-refractivity contribution in [2.24, 2.45) is 17.8 Å². The van der Waals surface area contributed by atoms with Gasteiger partial charge in [-0.15, -0.1) is 34.0 Å².